The molecule has 1 aromatic carbocycles. The molecule has 0 bridgehead atoms. The third-order valence-corrected chi connectivity index (χ3v) is 6.45. The van der Waals surface area contributed by atoms with Crippen LogP contribution in [0.25, 0.3) is 11.3 Å². The van der Waals surface area contributed by atoms with E-state index in [1.807, 2.05) is 10.8 Å². The first-order valence-electron chi connectivity index (χ1n) is 8.22. The second kappa shape index (κ2) is 7.90. The van der Waals surface area contributed by atoms with Crippen molar-refractivity contribution in [2.24, 2.45) is 0 Å². The molecular weight excluding hydrogens is 382 g/mol. The van der Waals surface area contributed by atoms with Gasteiger partial charge in [0.15, 0.2) is 9.47 Å². The van der Waals surface area contributed by atoms with Crippen LogP contribution in [-0.2, 0) is 10.2 Å². The van der Waals surface area contributed by atoms with Gasteiger partial charge in [-0.1, -0.05) is 62.4 Å². The van der Waals surface area contributed by atoms with Crippen molar-refractivity contribution in [3.05, 3.63) is 46.3 Å². The highest BCUT2D eigenvalue weighted by molar-refractivity contribution is 8.01. The van der Waals surface area contributed by atoms with Crippen molar-refractivity contribution < 1.29 is 4.79 Å². The standard InChI is InChI=1S/C19H21N3OS3/c1-12-5-7-13(8-6-12)14-9-25-18(20-14)26-11-16(23)22-17-21-15(10-24-17)19(2,3)4/h5-10H,11H2,1-4H3,(H,21,22,23). The SMILES string of the molecule is Cc1ccc(-c2csc(SCC(=O)Nc3nc(C(C)(C)C)cs3)n2)cc1. The zero-order chi connectivity index (χ0) is 18.7. The number of nitrogens with zero attached hydrogens (tertiary/aromatic N) is 2. The zero-order valence-corrected chi connectivity index (χ0v) is 17.6. The molecule has 0 spiro atoms. The van der Waals surface area contributed by atoms with Gasteiger partial charge in [-0.15, -0.1) is 22.7 Å². The van der Waals surface area contributed by atoms with Crippen molar-refractivity contribution in [2.45, 2.75) is 37.4 Å². The van der Waals surface area contributed by atoms with Gasteiger partial charge in [-0.3, -0.25) is 4.79 Å². The Balaban J connectivity index is 1.55. The Morgan fingerprint density at radius 1 is 1.12 bits per heavy atom. The van der Waals surface area contributed by atoms with Gasteiger partial charge in [0.05, 0.1) is 17.1 Å². The quantitative estimate of drug-likeness (QED) is 0.563. The van der Waals surface area contributed by atoms with Gasteiger partial charge < -0.3 is 5.32 Å². The Morgan fingerprint density at radius 2 is 1.85 bits per heavy atom. The molecule has 0 radical (unpaired) electrons. The maximum absolute atomic E-state index is 12.2. The summed E-state index contributed by atoms with van der Waals surface area (Å²) < 4.78 is 0.894. The number of hydrogen-bond acceptors (Lipinski definition) is 6. The van der Waals surface area contributed by atoms with Crippen LogP contribution in [0.1, 0.15) is 32.0 Å². The number of benzene rings is 1. The summed E-state index contributed by atoms with van der Waals surface area (Å²) in [6.45, 7) is 8.39. The first-order valence-corrected chi connectivity index (χ1v) is 11.0. The second-order valence-electron chi connectivity index (χ2n) is 6.99. The fourth-order valence-electron chi connectivity index (χ4n) is 2.14. The van der Waals surface area contributed by atoms with Gasteiger partial charge in [0.25, 0.3) is 0 Å². The molecule has 2 aromatic heterocycles. The molecule has 1 N–H and O–H groups in total. The Labute approximate surface area is 166 Å². The molecule has 0 aliphatic carbocycles. The number of amides is 1. The highest BCUT2D eigenvalue weighted by Crippen LogP contribution is 2.29. The predicted octanol–water partition coefficient (Wildman–Crippen LogP) is 5.60. The molecule has 0 saturated carbocycles. The average molecular weight is 404 g/mol. The van der Waals surface area contributed by atoms with Gasteiger partial charge in [0.2, 0.25) is 5.91 Å². The molecule has 4 nitrogen and oxygen atoms in total. The van der Waals surface area contributed by atoms with Gasteiger partial charge in [-0.25, -0.2) is 9.97 Å². The van der Waals surface area contributed by atoms with E-state index in [4.69, 9.17) is 0 Å². The summed E-state index contributed by atoms with van der Waals surface area (Å²) in [6.07, 6.45) is 0. The van der Waals surface area contributed by atoms with Crippen molar-refractivity contribution in [1.29, 1.82) is 0 Å². The largest absolute Gasteiger partial charge is 0.301 e. The first kappa shape index (κ1) is 19.1. The van der Waals surface area contributed by atoms with Gasteiger partial charge in [0.1, 0.15) is 0 Å². The zero-order valence-electron chi connectivity index (χ0n) is 15.2. The summed E-state index contributed by atoms with van der Waals surface area (Å²) >= 11 is 4.48. The van der Waals surface area contributed by atoms with Gasteiger partial charge in [-0.2, -0.15) is 0 Å². The average Bonchev–Trinajstić information content (AvgIpc) is 3.22. The number of rotatable bonds is 5. The second-order valence-corrected chi connectivity index (χ2v) is 9.93. The van der Waals surface area contributed by atoms with E-state index in [0.29, 0.717) is 10.9 Å². The van der Waals surface area contributed by atoms with E-state index in [0.717, 1.165) is 21.3 Å². The summed E-state index contributed by atoms with van der Waals surface area (Å²) in [5.41, 5.74) is 4.26. The lowest BCUT2D eigenvalue weighted by atomic mass is 9.93. The molecule has 3 aromatic rings. The first-order chi connectivity index (χ1) is 12.3. The summed E-state index contributed by atoms with van der Waals surface area (Å²) in [5.74, 6) is 0.266. The Kier molecular flexibility index (Phi) is 5.79. The van der Waals surface area contributed by atoms with Gasteiger partial charge >= 0.3 is 0 Å². The van der Waals surface area contributed by atoms with Crippen LogP contribution in [0.15, 0.2) is 39.4 Å². The predicted molar refractivity (Wildman–Crippen MR) is 112 cm³/mol. The number of thiazole rings is 2. The molecular formula is C19H21N3OS3. The van der Waals surface area contributed by atoms with Crippen molar-refractivity contribution in [2.75, 3.05) is 11.1 Å². The summed E-state index contributed by atoms with van der Waals surface area (Å²) in [4.78, 5) is 21.3. The van der Waals surface area contributed by atoms with Crippen LogP contribution in [0.5, 0.6) is 0 Å². The van der Waals surface area contributed by atoms with Gasteiger partial charge in [0, 0.05) is 21.7 Å². The summed E-state index contributed by atoms with van der Waals surface area (Å²) in [6, 6.07) is 8.30. The fourth-order valence-corrected chi connectivity index (χ4v) is 4.73. The van der Waals surface area contributed by atoms with E-state index in [2.05, 4.69) is 67.2 Å². The van der Waals surface area contributed by atoms with Crippen molar-refractivity contribution in [3.8, 4) is 11.3 Å². The van der Waals surface area contributed by atoms with Crippen molar-refractivity contribution >= 4 is 45.5 Å². The molecule has 2 heterocycles. The Morgan fingerprint density at radius 3 is 2.50 bits per heavy atom. The Hall–Kier alpha value is -1.70. The summed E-state index contributed by atoms with van der Waals surface area (Å²) in [7, 11) is 0. The highest BCUT2D eigenvalue weighted by Gasteiger charge is 2.18. The number of nitrogens with one attached hydrogen (secondary N) is 1. The third kappa shape index (κ3) is 4.93. The minimum atomic E-state index is -0.0584. The monoisotopic (exact) mass is 403 g/mol. The van der Waals surface area contributed by atoms with Crippen LogP contribution < -0.4 is 5.32 Å². The van der Waals surface area contributed by atoms with Crippen molar-refractivity contribution in [1.82, 2.24) is 9.97 Å². The number of anilines is 1. The molecule has 7 heteroatoms. The molecule has 0 fully saturated rings. The van der Waals surface area contributed by atoms with Gasteiger partial charge in [-0.05, 0) is 6.92 Å². The fraction of sp³-hybridized carbons (Fsp3) is 0.316. The van der Waals surface area contributed by atoms with Crippen LogP contribution in [0.3, 0.4) is 0 Å². The number of thioether (sulfide) groups is 1. The molecule has 3 rings (SSSR count). The lowest BCUT2D eigenvalue weighted by Crippen LogP contribution is -2.15. The van der Waals surface area contributed by atoms with Crippen LogP contribution in [0.2, 0.25) is 0 Å². The minimum Gasteiger partial charge on any atom is -0.301 e. The summed E-state index contributed by atoms with van der Waals surface area (Å²) in [5, 5.41) is 7.55. The van der Waals surface area contributed by atoms with E-state index >= 15 is 0 Å². The van der Waals surface area contributed by atoms with Crippen molar-refractivity contribution in [3.63, 3.8) is 0 Å². The number of carbonyl (C=O) groups is 1. The molecule has 0 aliphatic rings. The smallest absolute Gasteiger partial charge is 0.236 e. The lowest BCUT2D eigenvalue weighted by Gasteiger charge is -2.14. The lowest BCUT2D eigenvalue weighted by molar-refractivity contribution is -0.113. The van der Waals surface area contributed by atoms with E-state index in [1.165, 1.54) is 28.7 Å². The maximum Gasteiger partial charge on any atom is 0.236 e. The van der Waals surface area contributed by atoms with Crippen LogP contribution in [-0.4, -0.2) is 21.6 Å². The van der Waals surface area contributed by atoms with Crippen LogP contribution >= 0.6 is 34.4 Å². The third-order valence-electron chi connectivity index (χ3n) is 3.68. The number of hydrogen-bond donors (Lipinski definition) is 1. The molecule has 26 heavy (non-hydrogen) atoms. The van der Waals surface area contributed by atoms with E-state index in [9.17, 15) is 4.79 Å². The molecule has 1 amide bonds. The van der Waals surface area contributed by atoms with Crippen LogP contribution in [0.4, 0.5) is 5.13 Å². The number of aromatic nitrogens is 2. The molecule has 136 valence electrons. The highest BCUT2D eigenvalue weighted by atomic mass is 32.2. The van der Waals surface area contributed by atoms with Crippen LogP contribution in [0, 0.1) is 6.92 Å². The maximum atomic E-state index is 12.2. The van der Waals surface area contributed by atoms with E-state index in [-0.39, 0.29) is 11.3 Å². The number of carbonyl (C=O) groups excluding carboxylic acids is 1. The van der Waals surface area contributed by atoms with E-state index < -0.39 is 0 Å². The number of aryl methyl sites for hydroxylation is 1. The molecule has 0 aliphatic heterocycles. The van der Waals surface area contributed by atoms with E-state index in [1.54, 1.807) is 11.3 Å². The normalized spacial score (nSPS) is 11.5. The molecule has 0 unspecified atom stereocenters. The Bertz CT molecular complexity index is 891. The minimum absolute atomic E-state index is 0.0124. The molecule has 0 saturated heterocycles. The molecule has 0 atom stereocenters. The topological polar surface area (TPSA) is 54.9 Å².